The number of likely N-dealkylation sites (tertiary alicyclic amines) is 1. The molecule has 2 amide bonds. The maximum atomic E-state index is 14.9. The van der Waals surface area contributed by atoms with Crippen molar-refractivity contribution in [3.05, 3.63) is 71.1 Å². The molecule has 5 rings (SSSR count). The van der Waals surface area contributed by atoms with Gasteiger partial charge in [0.25, 0.3) is 5.91 Å². The van der Waals surface area contributed by atoms with Gasteiger partial charge in [-0.25, -0.2) is 14.4 Å². The van der Waals surface area contributed by atoms with Crippen molar-refractivity contribution in [2.45, 2.75) is 12.8 Å². The molecule has 1 aliphatic heterocycles. The lowest BCUT2D eigenvalue weighted by Crippen LogP contribution is -2.44. The van der Waals surface area contributed by atoms with Crippen LogP contribution in [0.4, 0.5) is 20.3 Å². The van der Waals surface area contributed by atoms with Crippen LogP contribution in [0.1, 0.15) is 23.2 Å². The lowest BCUT2D eigenvalue weighted by atomic mass is 9.95. The Balaban J connectivity index is 1.28. The highest BCUT2D eigenvalue weighted by molar-refractivity contribution is 6.34. The summed E-state index contributed by atoms with van der Waals surface area (Å²) in [6.45, 7) is 1.74. The van der Waals surface area contributed by atoms with E-state index in [4.69, 9.17) is 21.6 Å². The van der Waals surface area contributed by atoms with E-state index in [1.54, 1.807) is 39.8 Å². The fraction of sp³-hybridized carbons (Fsp3) is 0.300. The van der Waals surface area contributed by atoms with Crippen LogP contribution in [0.5, 0.6) is 5.75 Å². The fourth-order valence-corrected chi connectivity index (χ4v) is 5.29. The molecular formula is C30H29ClF2N8O3. The summed E-state index contributed by atoms with van der Waals surface area (Å²) in [4.78, 5) is 36.0. The first-order valence-electron chi connectivity index (χ1n) is 13.9. The smallest absolute Gasteiger partial charge is 0.255 e. The molecule has 1 aliphatic rings. The molecule has 228 valence electrons. The summed E-state index contributed by atoms with van der Waals surface area (Å²) in [5.74, 6) is -2.74. The molecule has 0 saturated carbocycles. The average Bonchev–Trinajstić information content (AvgIpc) is 3.47. The number of imidazole rings is 1. The molecule has 0 spiro atoms. The first-order chi connectivity index (χ1) is 21.3. The minimum atomic E-state index is -1.21. The Kier molecular flexibility index (Phi) is 9.52. The molecule has 1 fully saturated rings. The predicted molar refractivity (Wildman–Crippen MR) is 160 cm³/mol. The Hall–Kier alpha value is -4.80. The van der Waals surface area contributed by atoms with Crippen LogP contribution in [0, 0.1) is 28.9 Å². The van der Waals surface area contributed by atoms with Crippen molar-refractivity contribution in [2.24, 2.45) is 5.92 Å². The highest BCUT2D eigenvalue weighted by atomic mass is 35.5. The number of hydrogen-bond acceptors (Lipinski definition) is 8. The number of halogens is 3. The Labute approximate surface area is 256 Å². The minimum Gasteiger partial charge on any atom is -0.476 e. The van der Waals surface area contributed by atoms with Crippen LogP contribution in [0.2, 0.25) is 5.02 Å². The Morgan fingerprint density at radius 2 is 1.93 bits per heavy atom. The zero-order valence-corrected chi connectivity index (χ0v) is 24.5. The monoisotopic (exact) mass is 622 g/mol. The zero-order chi connectivity index (χ0) is 31.2. The van der Waals surface area contributed by atoms with Gasteiger partial charge in [-0.3, -0.25) is 14.0 Å². The van der Waals surface area contributed by atoms with E-state index in [1.165, 1.54) is 24.5 Å². The quantitative estimate of drug-likeness (QED) is 0.224. The second-order valence-electron chi connectivity index (χ2n) is 10.1. The van der Waals surface area contributed by atoms with Crippen LogP contribution in [-0.2, 0) is 4.79 Å². The largest absolute Gasteiger partial charge is 0.476 e. The topological polar surface area (TPSA) is 137 Å². The summed E-state index contributed by atoms with van der Waals surface area (Å²) in [5, 5.41) is 17.9. The van der Waals surface area contributed by atoms with Crippen molar-refractivity contribution in [3.8, 4) is 23.1 Å². The fourth-order valence-electron chi connectivity index (χ4n) is 5.03. The molecule has 0 bridgehead atoms. The molecular weight excluding hydrogens is 594 g/mol. The molecule has 3 heterocycles. The Morgan fingerprint density at radius 1 is 1.14 bits per heavy atom. The third kappa shape index (κ3) is 6.41. The van der Waals surface area contributed by atoms with Gasteiger partial charge in [0.2, 0.25) is 11.7 Å². The van der Waals surface area contributed by atoms with Crippen LogP contribution >= 0.6 is 11.6 Å². The summed E-state index contributed by atoms with van der Waals surface area (Å²) >= 11 is 6.53. The minimum absolute atomic E-state index is 0.00542. The van der Waals surface area contributed by atoms with E-state index in [2.05, 4.69) is 25.9 Å². The molecule has 0 aliphatic carbocycles. The van der Waals surface area contributed by atoms with Crippen molar-refractivity contribution in [3.63, 3.8) is 0 Å². The zero-order valence-electron chi connectivity index (χ0n) is 23.7. The van der Waals surface area contributed by atoms with Crippen LogP contribution < -0.4 is 20.7 Å². The molecule has 1 saturated heterocycles. The molecule has 3 N–H and O–H groups in total. The normalized spacial score (nSPS) is 13.5. The molecule has 2 aromatic heterocycles. The van der Waals surface area contributed by atoms with E-state index >= 15 is 0 Å². The summed E-state index contributed by atoms with van der Waals surface area (Å²) in [6, 6.07) is 9.22. The van der Waals surface area contributed by atoms with Gasteiger partial charge in [0.05, 0.1) is 22.5 Å². The maximum Gasteiger partial charge on any atom is 0.255 e. The number of carbonyl (C=O) groups is 2. The number of benzene rings is 2. The van der Waals surface area contributed by atoms with Crippen LogP contribution in [-0.4, -0.2) is 70.9 Å². The van der Waals surface area contributed by atoms with E-state index in [9.17, 15) is 18.4 Å². The van der Waals surface area contributed by atoms with Gasteiger partial charge in [-0.15, -0.1) is 0 Å². The number of likely N-dealkylation sites (N-methyl/N-ethyl adjacent to an activating group) is 1. The highest BCUT2D eigenvalue weighted by Crippen LogP contribution is 2.32. The molecule has 0 unspecified atom stereocenters. The Morgan fingerprint density at radius 3 is 2.66 bits per heavy atom. The number of amides is 2. The third-order valence-corrected chi connectivity index (χ3v) is 7.65. The number of carbonyl (C=O) groups excluding carboxylic acids is 2. The molecule has 2 aromatic carbocycles. The number of nitrogens with one attached hydrogen (secondary N) is 3. The number of anilines is 2. The maximum absolute atomic E-state index is 14.9. The van der Waals surface area contributed by atoms with Gasteiger partial charge in [0.1, 0.15) is 6.07 Å². The molecule has 4 aromatic rings. The summed E-state index contributed by atoms with van der Waals surface area (Å²) in [7, 11) is 1.82. The van der Waals surface area contributed by atoms with Gasteiger partial charge in [0.15, 0.2) is 29.6 Å². The number of nitrogens with zero attached hydrogens (tertiary/aromatic N) is 5. The number of piperidine rings is 1. The average molecular weight is 623 g/mol. The number of ether oxygens (including phenoxy) is 1. The van der Waals surface area contributed by atoms with Gasteiger partial charge in [0, 0.05) is 55.7 Å². The molecule has 14 heteroatoms. The van der Waals surface area contributed by atoms with E-state index in [1.807, 2.05) is 7.05 Å². The van der Waals surface area contributed by atoms with Gasteiger partial charge in [-0.05, 0) is 50.2 Å². The van der Waals surface area contributed by atoms with Crippen molar-refractivity contribution < 1.29 is 23.1 Å². The molecule has 11 nitrogen and oxygen atoms in total. The third-order valence-electron chi connectivity index (χ3n) is 7.33. The number of rotatable bonds is 10. The number of aromatic nitrogens is 3. The van der Waals surface area contributed by atoms with Gasteiger partial charge < -0.3 is 25.6 Å². The van der Waals surface area contributed by atoms with Crippen LogP contribution in [0.25, 0.3) is 16.9 Å². The number of fused-ring (bicyclic) bond motifs is 1. The lowest BCUT2D eigenvalue weighted by Gasteiger charge is -2.31. The highest BCUT2D eigenvalue weighted by Gasteiger charge is 2.28. The summed E-state index contributed by atoms with van der Waals surface area (Å²) in [5.41, 5.74) is 1.42. The number of nitriles is 1. The van der Waals surface area contributed by atoms with Crippen LogP contribution in [0.3, 0.4) is 0 Å². The van der Waals surface area contributed by atoms with E-state index < -0.39 is 18.2 Å². The van der Waals surface area contributed by atoms with E-state index in [0.717, 1.165) is 0 Å². The second kappa shape index (κ2) is 13.7. The first kappa shape index (κ1) is 30.7. The second-order valence-corrected chi connectivity index (χ2v) is 10.5. The summed E-state index contributed by atoms with van der Waals surface area (Å²) in [6.07, 6.45) is 5.57. The molecule has 0 radical (unpaired) electrons. The van der Waals surface area contributed by atoms with Gasteiger partial charge in [-0.2, -0.15) is 9.65 Å². The number of hydrogen-bond donors (Lipinski definition) is 3. The molecule has 44 heavy (non-hydrogen) atoms. The Bertz CT molecular complexity index is 1730. The van der Waals surface area contributed by atoms with Crippen molar-refractivity contribution in [1.29, 1.82) is 5.26 Å². The van der Waals surface area contributed by atoms with Crippen molar-refractivity contribution in [2.75, 3.05) is 45.2 Å². The van der Waals surface area contributed by atoms with Crippen LogP contribution in [0.15, 0.2) is 48.9 Å². The van der Waals surface area contributed by atoms with Crippen molar-refractivity contribution in [1.82, 2.24) is 29.9 Å². The van der Waals surface area contributed by atoms with Gasteiger partial charge in [-0.1, -0.05) is 11.6 Å². The SMILES string of the molecule is CNCCNC(=O)C1CCN(C(=O)c2ccc(Nc3nccn4c(-c5ccc(OCC#N)c(F)c5F)cnc34)cc2Cl)CC1. The van der Waals surface area contributed by atoms with E-state index in [0.29, 0.717) is 61.7 Å². The lowest BCUT2D eigenvalue weighted by molar-refractivity contribution is -0.126. The van der Waals surface area contributed by atoms with Crippen molar-refractivity contribution >= 4 is 40.6 Å². The first-order valence-corrected chi connectivity index (χ1v) is 14.3. The molecule has 0 atom stereocenters. The standard InChI is InChI=1S/C30H29ClF2N8O3/c1-35-9-10-37-29(42)18-6-12-40(13-7-18)30(43)20-3-2-19(16-22(20)31)39-27-28-38-17-23(41(28)14-11-36-27)21-4-5-24(44-15-8-34)26(33)25(21)32/h2-5,11,14,16-18,35H,6-7,9-10,12-13,15H2,1H3,(H,36,39)(H,37,42). The van der Waals surface area contributed by atoms with Gasteiger partial charge >= 0.3 is 0 Å². The predicted octanol–water partition coefficient (Wildman–Crippen LogP) is 4.16. The van der Waals surface area contributed by atoms with E-state index in [-0.39, 0.29) is 39.8 Å². The summed E-state index contributed by atoms with van der Waals surface area (Å²) < 4.78 is 36.0.